The number of pyridine rings is 8. The van der Waals surface area contributed by atoms with E-state index in [9.17, 15) is 36.7 Å². The molecule has 16 aromatic rings. The van der Waals surface area contributed by atoms with E-state index in [2.05, 4.69) is 124 Å². The molecule has 4 saturated heterocycles. The highest BCUT2D eigenvalue weighted by atomic mass is 19.3. The van der Waals surface area contributed by atoms with Crippen LogP contribution >= 0.6 is 0 Å². The van der Waals surface area contributed by atoms with Crippen LogP contribution in [0.25, 0.3) is 88.1 Å². The maximum absolute atomic E-state index is 13.5. The lowest BCUT2D eigenvalue weighted by molar-refractivity contribution is -0.0566. The number of aryl methyl sites for hydroxylation is 4. The van der Waals surface area contributed by atoms with Crippen LogP contribution in [0.4, 0.5) is 51.7 Å². The summed E-state index contributed by atoms with van der Waals surface area (Å²) in [6, 6.07) is 46.2. The Bertz CT molecular complexity index is 6680. The van der Waals surface area contributed by atoms with E-state index in [0.717, 1.165) is 149 Å². The Balaban J connectivity index is 0.000000120. The molecule has 4 aromatic carbocycles. The molecule has 8 N–H and O–H groups in total. The first-order chi connectivity index (χ1) is 62.1. The summed E-state index contributed by atoms with van der Waals surface area (Å²) in [4.78, 5) is 94.2. The summed E-state index contributed by atoms with van der Waals surface area (Å²) in [5.41, 5.74) is 22.0. The molecule has 0 atom stereocenters. The van der Waals surface area contributed by atoms with Gasteiger partial charge in [-0.1, -0.05) is 24.3 Å². The van der Waals surface area contributed by atoms with Crippen molar-refractivity contribution < 1.29 is 36.7 Å². The third-order valence-electron chi connectivity index (χ3n) is 23.0. The lowest BCUT2D eigenvalue weighted by Gasteiger charge is -2.31. The Morgan fingerprint density at radius 2 is 0.617 bits per heavy atom. The molecular weight excluding hydrogens is 1630 g/mol. The molecule has 4 amide bonds. The molecule has 0 radical (unpaired) electrons. The molecule has 20 rings (SSSR count). The van der Waals surface area contributed by atoms with Crippen molar-refractivity contribution in [2.24, 2.45) is 0 Å². The summed E-state index contributed by atoms with van der Waals surface area (Å²) in [5, 5.41) is 42.9. The minimum atomic E-state index is -2.62. The van der Waals surface area contributed by atoms with Crippen molar-refractivity contribution in [2.45, 2.75) is 104 Å². The third-order valence-corrected chi connectivity index (χ3v) is 23.0. The summed E-state index contributed by atoms with van der Waals surface area (Å²) < 4.78 is 53.9. The monoisotopic (exact) mass is 1720 g/mol. The maximum Gasteiger partial charge on any atom is 0.276 e. The number of anilines is 6. The Morgan fingerprint density at radius 1 is 0.320 bits per heavy atom. The number of nitrogens with zero attached hydrogens (tertiary/aromatic N) is 16. The van der Waals surface area contributed by atoms with E-state index >= 15 is 0 Å². The summed E-state index contributed by atoms with van der Waals surface area (Å²) in [6.45, 7) is 13.7. The lowest BCUT2D eigenvalue weighted by atomic mass is 10.0. The summed E-state index contributed by atoms with van der Waals surface area (Å²) in [6.07, 6.45) is 26.9. The predicted molar refractivity (Wildman–Crippen MR) is 487 cm³/mol. The zero-order valence-electron chi connectivity index (χ0n) is 70.8. The van der Waals surface area contributed by atoms with Gasteiger partial charge in [0, 0.05) is 182 Å². The molecule has 28 nitrogen and oxygen atoms in total. The Labute approximate surface area is 733 Å². The van der Waals surface area contributed by atoms with Crippen LogP contribution in [-0.4, -0.2) is 178 Å². The van der Waals surface area contributed by atoms with Gasteiger partial charge in [0.05, 0.1) is 99.9 Å². The van der Waals surface area contributed by atoms with Crippen LogP contribution in [0.5, 0.6) is 0 Å². The number of aromatic amines is 4. The van der Waals surface area contributed by atoms with Crippen LogP contribution < -0.4 is 31.1 Å². The minimum Gasteiger partial charge on any atom is -0.370 e. The van der Waals surface area contributed by atoms with E-state index in [1.165, 1.54) is 32.1 Å². The molecule has 4 aliphatic rings. The number of aromatic nitrogens is 16. The van der Waals surface area contributed by atoms with Gasteiger partial charge < -0.3 is 31.1 Å². The van der Waals surface area contributed by atoms with Gasteiger partial charge in [-0.25, -0.2) is 17.6 Å². The lowest BCUT2D eigenvalue weighted by Crippen LogP contribution is -2.38. The standard InChI is InChI=1S/C25H24F2N6O.C24H22F2N6O.C24H24N6O.C23H22N6O/c1-16-2-4-20(14-29-16)30-24(34)23-21-11-18(3-5-22(21)31-32-23)19-10-17(12-28-13-19)15-33-8-6-25(26,27)7-9-33;1-15-2-4-19(12-28-15)29-23(33)22-20-9-17(3-5-21(20)30-31-22)18-8-16(10-27-11-18)13-32-7-6-24(25,26)14-32;1-16-5-7-19(14-26-16)27-24(31)23-21-12-17(6-8-22(21)28-29-23)18-11-20(15-25-13-18)30-9-3-2-4-10-30;1-15-4-6-18(13-25-15)26-23(30)22-20-11-16(5-7-21(20)27-28-22)17-10-19(14-24-12-17)29-8-2-3-9-29/h2-5,10-14H,6-9,15H2,1H3,(H,30,34)(H,31,32);2-5,8-12H,6-7,13-14H2,1H3,(H,29,33)(H,30,31);5-8,11-15H,2-4,9-10H2,1H3,(H,27,31)(H,28,29);4-7,10-14H,2-3,8-9H2,1H3,(H,26,30)(H,27,28). The van der Waals surface area contributed by atoms with Gasteiger partial charge in [-0.2, -0.15) is 20.4 Å². The first-order valence-corrected chi connectivity index (χ1v) is 42.5. The summed E-state index contributed by atoms with van der Waals surface area (Å²) >= 11 is 0. The summed E-state index contributed by atoms with van der Waals surface area (Å²) in [7, 11) is 0. The van der Waals surface area contributed by atoms with E-state index in [0.29, 0.717) is 77.6 Å². The Hall–Kier alpha value is -14.9. The molecular formula is C96H92F4N24O4. The van der Waals surface area contributed by atoms with Gasteiger partial charge in [0.25, 0.3) is 35.5 Å². The molecule has 0 unspecified atom stereocenters. The number of benzene rings is 4. The molecule has 648 valence electrons. The van der Waals surface area contributed by atoms with Gasteiger partial charge in [-0.15, -0.1) is 0 Å². The van der Waals surface area contributed by atoms with Gasteiger partial charge in [0.2, 0.25) is 0 Å². The normalized spacial score (nSPS) is 14.9. The molecule has 0 saturated carbocycles. The highest BCUT2D eigenvalue weighted by Gasteiger charge is 2.38. The largest absolute Gasteiger partial charge is 0.370 e. The molecule has 128 heavy (non-hydrogen) atoms. The zero-order valence-corrected chi connectivity index (χ0v) is 70.8. The van der Waals surface area contributed by atoms with Gasteiger partial charge in [0.15, 0.2) is 22.8 Å². The Morgan fingerprint density at radius 3 is 0.930 bits per heavy atom. The molecule has 32 heteroatoms. The number of halogens is 4. The molecule has 0 spiro atoms. The quantitative estimate of drug-likeness (QED) is 0.0370. The number of piperidine rings is 2. The van der Waals surface area contributed by atoms with E-state index < -0.39 is 11.8 Å². The number of carbonyl (C=O) groups is 4. The number of alkyl halides is 4. The van der Waals surface area contributed by atoms with Gasteiger partial charge in [-0.05, 0) is 215 Å². The molecule has 16 heterocycles. The fourth-order valence-corrected chi connectivity index (χ4v) is 16.0. The van der Waals surface area contributed by atoms with E-state index in [4.69, 9.17) is 0 Å². The highest BCUT2D eigenvalue weighted by molar-refractivity contribution is 6.14. The smallest absolute Gasteiger partial charge is 0.276 e. The molecule has 4 fully saturated rings. The van der Waals surface area contributed by atoms with Crippen LogP contribution in [-0.2, 0) is 13.1 Å². The van der Waals surface area contributed by atoms with Gasteiger partial charge >= 0.3 is 0 Å². The number of likely N-dealkylation sites (tertiary alicyclic amines) is 2. The number of hydrogen-bond acceptors (Lipinski definition) is 20. The molecule has 0 aliphatic carbocycles. The fraction of sp³-hybridized carbons (Fsp3) is 0.250. The average Bonchev–Trinajstić information content (AvgIpc) is 1.64. The van der Waals surface area contributed by atoms with E-state index in [1.54, 1.807) is 66.6 Å². The second kappa shape index (κ2) is 37.9. The zero-order chi connectivity index (χ0) is 88.4. The number of hydrogen-bond donors (Lipinski definition) is 8. The number of H-pyrrole nitrogens is 4. The number of amides is 4. The third kappa shape index (κ3) is 20.7. The fourth-order valence-electron chi connectivity index (χ4n) is 16.0. The minimum absolute atomic E-state index is 0.110. The van der Waals surface area contributed by atoms with Crippen molar-refractivity contribution in [1.29, 1.82) is 0 Å². The van der Waals surface area contributed by atoms with Crippen molar-refractivity contribution in [2.75, 3.05) is 83.4 Å². The number of rotatable bonds is 18. The van der Waals surface area contributed by atoms with Gasteiger partial charge in [0.1, 0.15) is 0 Å². The number of carbonyl (C=O) groups excluding carboxylic acids is 4. The van der Waals surface area contributed by atoms with Crippen LogP contribution in [0.2, 0.25) is 0 Å². The maximum atomic E-state index is 13.5. The van der Waals surface area contributed by atoms with Crippen molar-refractivity contribution in [3.63, 3.8) is 0 Å². The predicted octanol–water partition coefficient (Wildman–Crippen LogP) is 18.0. The number of fused-ring (bicyclic) bond motifs is 4. The van der Waals surface area contributed by atoms with Crippen LogP contribution in [0.1, 0.15) is 127 Å². The Kier molecular flexibility index (Phi) is 25.2. The van der Waals surface area contributed by atoms with Crippen molar-refractivity contribution in [1.82, 2.24) is 90.5 Å². The van der Waals surface area contributed by atoms with Crippen LogP contribution in [0.15, 0.2) is 220 Å². The van der Waals surface area contributed by atoms with Crippen molar-refractivity contribution in [3.8, 4) is 44.5 Å². The second-order valence-electron chi connectivity index (χ2n) is 32.6. The molecule has 0 bridgehead atoms. The van der Waals surface area contributed by atoms with Crippen molar-refractivity contribution >= 4 is 101 Å². The average molecular weight is 1720 g/mol. The van der Waals surface area contributed by atoms with E-state index in [-0.39, 0.29) is 60.8 Å². The summed E-state index contributed by atoms with van der Waals surface area (Å²) in [5.74, 6) is -6.39. The van der Waals surface area contributed by atoms with Crippen LogP contribution in [0.3, 0.4) is 0 Å². The second-order valence-corrected chi connectivity index (χ2v) is 32.6. The van der Waals surface area contributed by atoms with Crippen LogP contribution in [0, 0.1) is 27.7 Å². The first-order valence-electron chi connectivity index (χ1n) is 42.5. The SMILES string of the molecule is Cc1ccc(NC(=O)c2n[nH]c3ccc(-c4cncc(CN5CCC(F)(F)C5)c4)cc23)cn1.Cc1ccc(NC(=O)c2n[nH]c3ccc(-c4cncc(CN5CCC(F)(F)CC5)c4)cc23)cn1.Cc1ccc(NC(=O)c2n[nH]c3ccc(-c4cncc(N5CCCC5)c4)cc23)cn1.Cc1ccc(NC(=O)c2n[nH]c3ccc(-c4cncc(N5CCCCC5)c4)cc23)cn1. The highest BCUT2D eigenvalue weighted by Crippen LogP contribution is 2.36. The van der Waals surface area contributed by atoms with Crippen molar-refractivity contribution in [3.05, 3.63) is 277 Å². The van der Waals surface area contributed by atoms with E-state index in [1.807, 2.05) is 179 Å². The first kappa shape index (κ1) is 85.3. The van der Waals surface area contributed by atoms with Gasteiger partial charge in [-0.3, -0.25) is 89.2 Å². The number of nitrogens with one attached hydrogen (secondary N) is 8. The molecule has 4 aliphatic heterocycles. The topological polar surface area (TPSA) is 347 Å². The molecule has 12 aromatic heterocycles.